The first-order chi connectivity index (χ1) is 27.8. The molecule has 320 valence electrons. The third-order valence-corrected chi connectivity index (χ3v) is 13.5. The van der Waals surface area contributed by atoms with Crippen molar-refractivity contribution < 1.29 is 45.1 Å². The minimum atomic E-state index is -4.78. The molecule has 4 aliphatic heterocycles. The Hall–Kier alpha value is -4.46. The zero-order valence-electron chi connectivity index (χ0n) is 32.9. The maximum atomic E-state index is 15.4. The lowest BCUT2D eigenvalue weighted by Gasteiger charge is -2.41. The quantitative estimate of drug-likeness (QED) is 0.152. The van der Waals surface area contributed by atoms with Crippen LogP contribution in [0.4, 0.5) is 45.1 Å². The molecule has 4 saturated heterocycles. The van der Waals surface area contributed by atoms with Gasteiger partial charge in [-0.05, 0) is 102 Å². The highest BCUT2D eigenvalue weighted by Gasteiger charge is 2.40. The van der Waals surface area contributed by atoms with Crippen molar-refractivity contribution in [2.45, 2.75) is 99.9 Å². The molecule has 2 aromatic carbocycles. The number of carbonyl (C=O) groups excluding carboxylic acids is 2. The van der Waals surface area contributed by atoms with Gasteiger partial charge >= 0.3 is 6.18 Å². The molecule has 4 N–H and O–H groups in total. The van der Waals surface area contributed by atoms with Crippen LogP contribution < -0.4 is 25.2 Å². The Morgan fingerprint density at radius 3 is 2.41 bits per heavy atom. The lowest BCUT2D eigenvalue weighted by atomic mass is 9.89. The summed E-state index contributed by atoms with van der Waals surface area (Å²) < 4.78 is 102. The van der Waals surface area contributed by atoms with E-state index in [2.05, 4.69) is 35.1 Å². The highest BCUT2D eigenvalue weighted by atomic mass is 32.2. The predicted octanol–water partition coefficient (Wildman–Crippen LogP) is 5.44. The normalized spacial score (nSPS) is 25.3. The Labute approximate surface area is 339 Å². The molecule has 4 atom stereocenters. The molecular weight excluding hydrogens is 800 g/mol. The third-order valence-electron chi connectivity index (χ3n) is 12.0. The van der Waals surface area contributed by atoms with Crippen LogP contribution in [0, 0.1) is 17.6 Å². The van der Waals surface area contributed by atoms with Crippen molar-refractivity contribution in [2.75, 3.05) is 54.4 Å². The van der Waals surface area contributed by atoms with Crippen LogP contribution in [-0.2, 0) is 25.8 Å². The van der Waals surface area contributed by atoms with Crippen LogP contribution >= 0.6 is 0 Å². The minimum Gasteiger partial charge on any atom is -0.388 e. The van der Waals surface area contributed by atoms with E-state index in [0.29, 0.717) is 49.9 Å². The molecule has 0 radical (unpaired) electrons. The zero-order chi connectivity index (χ0) is 42.3. The Kier molecular flexibility index (Phi) is 12.2. The van der Waals surface area contributed by atoms with Crippen molar-refractivity contribution >= 4 is 45.0 Å². The summed E-state index contributed by atoms with van der Waals surface area (Å²) in [4.78, 5) is 37.1. The van der Waals surface area contributed by atoms with Gasteiger partial charge in [-0.25, -0.2) is 26.9 Å². The lowest BCUT2D eigenvalue weighted by molar-refractivity contribution is -0.138. The summed E-state index contributed by atoms with van der Waals surface area (Å²) >= 11 is 0. The Morgan fingerprint density at radius 1 is 0.983 bits per heavy atom. The second kappa shape index (κ2) is 16.9. The number of amides is 2. The Morgan fingerprint density at radius 2 is 1.75 bits per heavy atom. The summed E-state index contributed by atoms with van der Waals surface area (Å²) in [6.07, 6.45) is -0.00135. The first-order valence-electron chi connectivity index (χ1n) is 20.0. The van der Waals surface area contributed by atoms with E-state index in [9.17, 15) is 36.3 Å². The van der Waals surface area contributed by atoms with E-state index in [1.165, 1.54) is 30.0 Å². The molecule has 3 aromatic rings. The Bertz CT molecular complexity index is 2170. The molecule has 0 spiro atoms. The van der Waals surface area contributed by atoms with Crippen LogP contribution in [0.5, 0.6) is 0 Å². The highest BCUT2D eigenvalue weighted by molar-refractivity contribution is 7.89. The number of halogens is 5. The second-order valence-electron chi connectivity index (χ2n) is 16.5. The molecule has 0 saturated carbocycles. The summed E-state index contributed by atoms with van der Waals surface area (Å²) in [6, 6.07) is 7.81. The molecule has 59 heavy (non-hydrogen) atoms. The number of hydrogen-bond acceptors (Lipinski definition) is 11. The van der Waals surface area contributed by atoms with Gasteiger partial charge < -0.3 is 25.1 Å². The largest absolute Gasteiger partial charge is 0.421 e. The van der Waals surface area contributed by atoms with Gasteiger partial charge in [-0.1, -0.05) is 6.07 Å². The molecule has 2 amide bonds. The molecular formula is C40H49F5N8O5S. The van der Waals surface area contributed by atoms with E-state index in [1.807, 2.05) is 13.0 Å². The molecule has 4 fully saturated rings. The smallest absolute Gasteiger partial charge is 0.388 e. The van der Waals surface area contributed by atoms with Crippen LogP contribution in [0.1, 0.15) is 82.3 Å². The van der Waals surface area contributed by atoms with Crippen molar-refractivity contribution in [2.24, 2.45) is 5.92 Å². The molecule has 5 heterocycles. The number of benzene rings is 2. The zero-order valence-corrected chi connectivity index (χ0v) is 33.7. The summed E-state index contributed by atoms with van der Waals surface area (Å²) in [6.45, 7) is 6.67. The number of nitrogens with one attached hydrogen (secondary N) is 3. The minimum absolute atomic E-state index is 0.0661. The summed E-state index contributed by atoms with van der Waals surface area (Å²) in [7, 11) is -4.13. The van der Waals surface area contributed by atoms with Crippen LogP contribution in [-0.4, -0.2) is 97.2 Å². The maximum Gasteiger partial charge on any atom is 0.421 e. The number of imide groups is 1. The summed E-state index contributed by atoms with van der Waals surface area (Å²) in [5, 5.41) is 15.3. The van der Waals surface area contributed by atoms with Gasteiger partial charge in [0, 0.05) is 68.7 Å². The van der Waals surface area contributed by atoms with E-state index in [0.717, 1.165) is 44.2 Å². The molecule has 7 rings (SSSR count). The number of aliphatic hydroxyl groups is 1. The van der Waals surface area contributed by atoms with Gasteiger partial charge in [0.15, 0.2) is 0 Å². The lowest BCUT2D eigenvalue weighted by Crippen LogP contribution is -2.50. The van der Waals surface area contributed by atoms with Gasteiger partial charge in [0.25, 0.3) is 0 Å². The number of β-amino-alcohol motifs (C(OH)–C–C–N with tert-alkyl or cyclic N) is 1. The topological polar surface area (TPSA) is 160 Å². The van der Waals surface area contributed by atoms with Gasteiger partial charge in [-0.2, -0.15) is 18.2 Å². The van der Waals surface area contributed by atoms with Crippen molar-refractivity contribution in [1.82, 2.24) is 24.9 Å². The average molecular weight is 849 g/mol. The van der Waals surface area contributed by atoms with Gasteiger partial charge in [-0.15, -0.1) is 0 Å². The maximum absolute atomic E-state index is 15.4. The fourth-order valence-electron chi connectivity index (χ4n) is 8.74. The number of alkyl halides is 3. The van der Waals surface area contributed by atoms with Crippen LogP contribution in [0.25, 0.3) is 0 Å². The van der Waals surface area contributed by atoms with Crippen LogP contribution in [0.2, 0.25) is 0 Å². The molecule has 19 heteroatoms. The fraction of sp³-hybridized carbons (Fsp3) is 0.550. The standard InChI is InChI=1S/C40H49F5N8O5S/c1-24-18-26(12-17-52(24)22-25-10-15-51(16-11-25)27-4-6-29(32(41)19-27)30-7-9-35(54)48-37(30)55)50-59(57,58)28-5-8-34(33(42)20-28)47-38-46-21-31(40(43,44)45)36(49-38)53-14-3-13-39(2,56)23-53/h4-6,8,19-21,24-26,30,50,56H,3,7,9-18,22-23H2,1-2H3,(H,46,47,49)(H,48,54,55)/t24-,26+,30?,39-/m0/s1. The average Bonchev–Trinajstić information content (AvgIpc) is 3.16. The van der Waals surface area contributed by atoms with E-state index in [1.54, 1.807) is 6.07 Å². The number of likely N-dealkylation sites (tertiary alicyclic amines) is 1. The van der Waals surface area contributed by atoms with Crippen molar-refractivity contribution in [1.29, 1.82) is 0 Å². The van der Waals surface area contributed by atoms with Crippen LogP contribution in [0.3, 0.4) is 0 Å². The summed E-state index contributed by atoms with van der Waals surface area (Å²) in [5.41, 5.74) is -1.51. The van der Waals surface area contributed by atoms with E-state index >= 15 is 8.78 Å². The van der Waals surface area contributed by atoms with E-state index in [-0.39, 0.29) is 60.5 Å². The first-order valence-corrected chi connectivity index (χ1v) is 21.5. The number of aromatic nitrogens is 2. The highest BCUT2D eigenvalue weighted by Crippen LogP contribution is 2.38. The van der Waals surface area contributed by atoms with E-state index < -0.39 is 56.6 Å². The molecule has 0 bridgehead atoms. The van der Waals surface area contributed by atoms with Crippen LogP contribution in [0.15, 0.2) is 47.5 Å². The number of hydrogen-bond donors (Lipinski definition) is 4. The number of sulfonamides is 1. The number of piperidine rings is 4. The van der Waals surface area contributed by atoms with Gasteiger partial charge in [0.2, 0.25) is 27.8 Å². The van der Waals surface area contributed by atoms with E-state index in [4.69, 9.17) is 0 Å². The fourth-order valence-corrected chi connectivity index (χ4v) is 10.0. The first kappa shape index (κ1) is 42.7. The molecule has 1 unspecified atom stereocenters. The molecule has 0 aliphatic carbocycles. The second-order valence-corrected chi connectivity index (χ2v) is 18.3. The van der Waals surface area contributed by atoms with Gasteiger partial charge in [0.05, 0.1) is 22.1 Å². The van der Waals surface area contributed by atoms with Crippen molar-refractivity contribution in [3.8, 4) is 0 Å². The molecule has 4 aliphatic rings. The summed E-state index contributed by atoms with van der Waals surface area (Å²) in [5.74, 6) is -3.32. The number of anilines is 4. The van der Waals surface area contributed by atoms with Gasteiger partial charge in [-0.3, -0.25) is 14.9 Å². The predicted molar refractivity (Wildman–Crippen MR) is 210 cm³/mol. The number of rotatable bonds is 10. The number of carbonyl (C=O) groups is 2. The Balaban J connectivity index is 0.908. The number of nitrogens with zero attached hydrogens (tertiary/aromatic N) is 5. The molecule has 13 nitrogen and oxygen atoms in total. The SMILES string of the molecule is C[C@H]1C[C@H](NS(=O)(=O)c2ccc(Nc3ncc(C(F)(F)F)c(N4CCC[C@](C)(O)C4)n3)c(F)c2)CCN1CC1CCN(c2ccc(C3CCC(=O)NC3=O)c(F)c2)CC1. The molecule has 1 aromatic heterocycles. The van der Waals surface area contributed by atoms with Crippen molar-refractivity contribution in [3.63, 3.8) is 0 Å². The van der Waals surface area contributed by atoms with Gasteiger partial charge in [0.1, 0.15) is 23.0 Å². The van der Waals surface area contributed by atoms with Crippen molar-refractivity contribution in [3.05, 3.63) is 65.4 Å². The third kappa shape index (κ3) is 9.95. The monoisotopic (exact) mass is 848 g/mol.